The van der Waals surface area contributed by atoms with Gasteiger partial charge in [-0.25, -0.2) is 4.98 Å². The van der Waals surface area contributed by atoms with Crippen molar-refractivity contribution < 1.29 is 9.32 Å². The van der Waals surface area contributed by atoms with Crippen molar-refractivity contribution in [1.29, 1.82) is 0 Å². The molecular weight excluding hydrogens is 354 g/mol. The summed E-state index contributed by atoms with van der Waals surface area (Å²) < 4.78 is 7.03. The Morgan fingerprint density at radius 3 is 2.89 bits per heavy atom. The topological polar surface area (TPSA) is 99.8 Å². The molecule has 7 heteroatoms. The first-order chi connectivity index (χ1) is 13.5. The smallest absolute Gasteiger partial charge is 0.167 e. The summed E-state index contributed by atoms with van der Waals surface area (Å²) in [6.45, 7) is 4.36. The maximum atomic E-state index is 12.6. The highest BCUT2D eigenvalue weighted by atomic mass is 16.5. The van der Waals surface area contributed by atoms with Gasteiger partial charge in [0.15, 0.2) is 11.4 Å². The number of carbonyl (C=O) groups excluding carboxylic acids is 1. The third kappa shape index (κ3) is 3.51. The van der Waals surface area contributed by atoms with Crippen molar-refractivity contribution in [2.24, 2.45) is 0 Å². The van der Waals surface area contributed by atoms with Gasteiger partial charge in [0.25, 0.3) is 0 Å². The zero-order valence-corrected chi connectivity index (χ0v) is 15.8. The van der Waals surface area contributed by atoms with E-state index in [1.54, 1.807) is 17.1 Å². The predicted molar refractivity (Wildman–Crippen MR) is 106 cm³/mol. The molecule has 0 unspecified atom stereocenters. The summed E-state index contributed by atoms with van der Waals surface area (Å²) in [4.78, 5) is 16.9. The minimum absolute atomic E-state index is 0.0480. The molecule has 1 aromatic carbocycles. The number of nitrogens with two attached hydrogens (primary N) is 1. The van der Waals surface area contributed by atoms with Gasteiger partial charge in [0, 0.05) is 23.7 Å². The lowest BCUT2D eigenvalue weighted by Gasteiger charge is -2.09. The van der Waals surface area contributed by atoms with Crippen LogP contribution in [0.3, 0.4) is 0 Å². The summed E-state index contributed by atoms with van der Waals surface area (Å²) in [5, 5.41) is 9.37. The van der Waals surface area contributed by atoms with Crippen molar-refractivity contribution in [1.82, 2.24) is 19.9 Å². The number of anilines is 1. The van der Waals surface area contributed by atoms with Gasteiger partial charge < -0.3 is 10.3 Å². The van der Waals surface area contributed by atoms with Crippen LogP contribution in [0.5, 0.6) is 0 Å². The van der Waals surface area contributed by atoms with E-state index in [0.717, 1.165) is 33.5 Å². The van der Waals surface area contributed by atoms with E-state index in [4.69, 9.17) is 10.3 Å². The minimum Gasteiger partial charge on any atom is -0.384 e. The third-order valence-corrected chi connectivity index (χ3v) is 4.90. The van der Waals surface area contributed by atoms with Crippen molar-refractivity contribution in [2.45, 2.75) is 33.2 Å². The van der Waals surface area contributed by atoms with Crippen LogP contribution in [0.4, 0.5) is 5.82 Å². The molecule has 0 amide bonds. The number of Topliss-reactive ketones (excluding diaryl/α,β-unsaturated/α-hetero) is 1. The van der Waals surface area contributed by atoms with Gasteiger partial charge in [0.1, 0.15) is 11.5 Å². The Hall–Kier alpha value is -3.48. The monoisotopic (exact) mass is 375 g/mol. The molecule has 142 valence electrons. The highest BCUT2D eigenvalue weighted by molar-refractivity contribution is 5.95. The molecule has 0 saturated heterocycles. The number of para-hydroxylation sites is 1. The second kappa shape index (κ2) is 7.26. The van der Waals surface area contributed by atoms with E-state index in [0.29, 0.717) is 30.8 Å². The van der Waals surface area contributed by atoms with E-state index in [2.05, 4.69) is 15.2 Å². The quantitative estimate of drug-likeness (QED) is 0.518. The lowest BCUT2D eigenvalue weighted by molar-refractivity contribution is 0.0982. The van der Waals surface area contributed by atoms with Crippen molar-refractivity contribution in [2.75, 3.05) is 5.73 Å². The number of hydrogen-bond donors (Lipinski definition) is 1. The fraction of sp³-hybridized carbons (Fsp3) is 0.238. The minimum atomic E-state index is 0.0480. The first-order valence-corrected chi connectivity index (χ1v) is 9.13. The standard InChI is InChI=1S/C21H21N5O2/c1-13-9-21(22)24-14(2)16(13)7-8-19(27)15-10-23-26(11-15)12-18-17-5-3-4-6-20(17)28-25-18/h3-6,9-11H,7-8,12H2,1-2H3,(H2,22,24). The van der Waals surface area contributed by atoms with Crippen molar-refractivity contribution in [3.8, 4) is 0 Å². The Balaban J connectivity index is 1.45. The Morgan fingerprint density at radius 2 is 2.07 bits per heavy atom. The number of nitrogens with zero attached hydrogens (tertiary/aromatic N) is 4. The summed E-state index contributed by atoms with van der Waals surface area (Å²) in [6, 6.07) is 9.52. The molecule has 28 heavy (non-hydrogen) atoms. The predicted octanol–water partition coefficient (Wildman–Crippen LogP) is 3.48. The normalized spacial score (nSPS) is 11.2. The van der Waals surface area contributed by atoms with Crippen LogP contribution in [0.1, 0.15) is 39.3 Å². The van der Waals surface area contributed by atoms with E-state index in [9.17, 15) is 4.79 Å². The molecule has 3 heterocycles. The highest BCUT2D eigenvalue weighted by Crippen LogP contribution is 2.20. The number of ketones is 1. The lowest BCUT2D eigenvalue weighted by Crippen LogP contribution is -2.05. The van der Waals surface area contributed by atoms with Gasteiger partial charge in [-0.05, 0) is 49.6 Å². The number of aromatic nitrogens is 4. The van der Waals surface area contributed by atoms with Crippen molar-refractivity contribution >= 4 is 22.6 Å². The second-order valence-corrected chi connectivity index (χ2v) is 6.90. The molecule has 7 nitrogen and oxygen atoms in total. The van der Waals surface area contributed by atoms with Gasteiger partial charge in [-0.1, -0.05) is 17.3 Å². The fourth-order valence-electron chi connectivity index (χ4n) is 3.45. The summed E-state index contributed by atoms with van der Waals surface area (Å²) in [6.07, 6.45) is 4.38. The van der Waals surface area contributed by atoms with Gasteiger partial charge in [0.05, 0.1) is 18.3 Å². The molecule has 0 atom stereocenters. The first-order valence-electron chi connectivity index (χ1n) is 9.13. The molecule has 0 aliphatic heterocycles. The molecule has 0 aliphatic carbocycles. The molecule has 4 rings (SSSR count). The van der Waals surface area contributed by atoms with Crippen LogP contribution >= 0.6 is 0 Å². The van der Waals surface area contributed by atoms with Crippen LogP contribution in [0, 0.1) is 13.8 Å². The van der Waals surface area contributed by atoms with E-state index >= 15 is 0 Å². The molecule has 4 aromatic rings. The number of rotatable bonds is 6. The summed E-state index contributed by atoms with van der Waals surface area (Å²) in [5.41, 5.74) is 10.9. The maximum absolute atomic E-state index is 12.6. The van der Waals surface area contributed by atoms with Gasteiger partial charge >= 0.3 is 0 Å². The van der Waals surface area contributed by atoms with Gasteiger partial charge in [-0.3, -0.25) is 9.48 Å². The molecule has 3 aromatic heterocycles. The summed E-state index contributed by atoms with van der Waals surface area (Å²) in [7, 11) is 0. The Labute approximate surface area is 162 Å². The molecule has 2 N–H and O–H groups in total. The molecule has 0 radical (unpaired) electrons. The van der Waals surface area contributed by atoms with Crippen molar-refractivity contribution in [3.05, 3.63) is 70.8 Å². The van der Waals surface area contributed by atoms with Gasteiger partial charge in [-0.15, -0.1) is 0 Å². The largest absolute Gasteiger partial charge is 0.384 e. The van der Waals surface area contributed by atoms with Crippen LogP contribution in [-0.4, -0.2) is 25.7 Å². The van der Waals surface area contributed by atoms with E-state index < -0.39 is 0 Å². The Morgan fingerprint density at radius 1 is 1.25 bits per heavy atom. The number of pyridine rings is 1. The average molecular weight is 375 g/mol. The number of fused-ring (bicyclic) bond motifs is 1. The van der Waals surface area contributed by atoms with Crippen LogP contribution in [0.15, 0.2) is 47.2 Å². The van der Waals surface area contributed by atoms with E-state index in [1.807, 2.05) is 44.2 Å². The number of aryl methyl sites for hydroxylation is 2. The summed E-state index contributed by atoms with van der Waals surface area (Å²) in [5.74, 6) is 0.554. The zero-order valence-electron chi connectivity index (χ0n) is 15.8. The number of benzene rings is 1. The van der Waals surface area contributed by atoms with Gasteiger partial charge in [0.2, 0.25) is 0 Å². The molecule has 0 spiro atoms. The molecule has 0 fully saturated rings. The van der Waals surface area contributed by atoms with Crippen LogP contribution < -0.4 is 5.73 Å². The lowest BCUT2D eigenvalue weighted by atomic mass is 10.00. The molecule has 0 bridgehead atoms. The summed E-state index contributed by atoms with van der Waals surface area (Å²) >= 11 is 0. The van der Waals surface area contributed by atoms with Crippen LogP contribution in [0.25, 0.3) is 11.0 Å². The first kappa shape index (κ1) is 17.9. The number of carbonyl (C=O) groups is 1. The average Bonchev–Trinajstić information content (AvgIpc) is 3.29. The zero-order chi connectivity index (χ0) is 19.7. The highest BCUT2D eigenvalue weighted by Gasteiger charge is 2.14. The fourth-order valence-corrected chi connectivity index (χ4v) is 3.45. The molecule has 0 aliphatic rings. The Kier molecular flexibility index (Phi) is 4.65. The second-order valence-electron chi connectivity index (χ2n) is 6.90. The maximum Gasteiger partial charge on any atom is 0.167 e. The van der Waals surface area contributed by atoms with E-state index in [-0.39, 0.29) is 5.78 Å². The SMILES string of the molecule is Cc1cc(N)nc(C)c1CCC(=O)c1cnn(Cc2noc3ccccc23)c1. The third-order valence-electron chi connectivity index (χ3n) is 4.90. The number of nitrogen functional groups attached to an aromatic ring is 1. The molecule has 0 saturated carbocycles. The van der Waals surface area contributed by atoms with Crippen LogP contribution in [0.2, 0.25) is 0 Å². The number of hydrogen-bond acceptors (Lipinski definition) is 6. The van der Waals surface area contributed by atoms with Crippen molar-refractivity contribution in [3.63, 3.8) is 0 Å². The Bertz CT molecular complexity index is 1140. The van der Waals surface area contributed by atoms with Crippen LogP contribution in [-0.2, 0) is 13.0 Å². The van der Waals surface area contributed by atoms with E-state index in [1.165, 1.54) is 0 Å². The van der Waals surface area contributed by atoms with Gasteiger partial charge in [-0.2, -0.15) is 5.10 Å². The molecular formula is C21H21N5O2.